The number of benzene rings is 1. The highest BCUT2D eigenvalue weighted by atomic mass is 79.9. The molecule has 2 rings (SSSR count). The van der Waals surface area contributed by atoms with Crippen molar-refractivity contribution in [1.29, 1.82) is 0 Å². The molecule has 5 heteroatoms. The molecule has 2 aromatic rings. The Balaban J connectivity index is 2.99. The third-order valence-electron chi connectivity index (χ3n) is 1.89. The number of halogens is 1. The Morgan fingerprint density at radius 1 is 1.36 bits per heavy atom. The van der Waals surface area contributed by atoms with Gasteiger partial charge in [-0.3, -0.25) is 9.59 Å². The number of nitrogens with one attached hydrogen (secondary N) is 1. The molecule has 0 atom stereocenters. The predicted molar refractivity (Wildman–Crippen MR) is 55.5 cm³/mol. The molecule has 0 aliphatic rings. The van der Waals surface area contributed by atoms with Gasteiger partial charge in [0.2, 0.25) is 0 Å². The normalized spacial score (nSPS) is 10.4. The Hall–Kier alpha value is -1.49. The molecule has 1 aromatic heterocycles. The number of rotatable bonds is 1. The average molecular weight is 253 g/mol. The quantitative estimate of drug-likeness (QED) is 0.783. The number of fused-ring (bicyclic) bond motifs is 1. The Kier molecular flexibility index (Phi) is 2.17. The van der Waals surface area contributed by atoms with E-state index < -0.39 is 0 Å². The van der Waals surface area contributed by atoms with Gasteiger partial charge in [-0.25, -0.2) is 5.10 Å². The standard InChI is InChI=1S/C9H5BrN2O2/c10-5-1-2-6-7(3-5)8(4-13)11-12-9(6)14/h1-4H,(H,12,14). The van der Waals surface area contributed by atoms with Gasteiger partial charge in [0.25, 0.3) is 5.56 Å². The van der Waals surface area contributed by atoms with Crippen LogP contribution in [0.25, 0.3) is 10.8 Å². The van der Waals surface area contributed by atoms with E-state index in [1.54, 1.807) is 18.2 Å². The Bertz CT molecular complexity index is 562. The van der Waals surface area contributed by atoms with Gasteiger partial charge < -0.3 is 0 Å². The van der Waals surface area contributed by atoms with Crippen molar-refractivity contribution in [3.8, 4) is 0 Å². The fourth-order valence-corrected chi connectivity index (χ4v) is 1.61. The minimum absolute atomic E-state index is 0.237. The molecule has 0 aliphatic carbocycles. The second-order valence-electron chi connectivity index (χ2n) is 2.75. The second-order valence-corrected chi connectivity index (χ2v) is 3.66. The number of nitrogens with zero attached hydrogens (tertiary/aromatic N) is 1. The smallest absolute Gasteiger partial charge is 0.272 e. The fraction of sp³-hybridized carbons (Fsp3) is 0. The molecule has 1 N–H and O–H groups in total. The number of aromatic amines is 1. The van der Waals surface area contributed by atoms with Crippen molar-refractivity contribution in [3.05, 3.63) is 38.7 Å². The maximum absolute atomic E-state index is 11.3. The van der Waals surface area contributed by atoms with Gasteiger partial charge in [0, 0.05) is 9.86 Å². The van der Waals surface area contributed by atoms with Crippen molar-refractivity contribution in [3.63, 3.8) is 0 Å². The minimum Gasteiger partial charge on any atom is -0.296 e. The number of carbonyl (C=O) groups excluding carboxylic acids is 1. The van der Waals surface area contributed by atoms with E-state index in [4.69, 9.17) is 0 Å². The van der Waals surface area contributed by atoms with Gasteiger partial charge in [0.05, 0.1) is 5.39 Å². The predicted octanol–water partition coefficient (Wildman–Crippen LogP) is 1.50. The lowest BCUT2D eigenvalue weighted by atomic mass is 10.1. The lowest BCUT2D eigenvalue weighted by molar-refractivity contribution is 0.111. The molecular weight excluding hydrogens is 248 g/mol. The van der Waals surface area contributed by atoms with Crippen LogP contribution < -0.4 is 5.56 Å². The molecule has 70 valence electrons. The molecule has 0 aliphatic heterocycles. The highest BCUT2D eigenvalue weighted by molar-refractivity contribution is 9.10. The first-order valence-electron chi connectivity index (χ1n) is 3.85. The van der Waals surface area contributed by atoms with Crippen molar-refractivity contribution in [2.75, 3.05) is 0 Å². The summed E-state index contributed by atoms with van der Waals surface area (Å²) in [6, 6.07) is 5.08. The van der Waals surface area contributed by atoms with E-state index in [9.17, 15) is 9.59 Å². The van der Waals surface area contributed by atoms with E-state index in [0.29, 0.717) is 17.1 Å². The summed E-state index contributed by atoms with van der Waals surface area (Å²) >= 11 is 3.26. The summed E-state index contributed by atoms with van der Waals surface area (Å²) in [5.74, 6) is 0. The van der Waals surface area contributed by atoms with Gasteiger partial charge in [-0.1, -0.05) is 15.9 Å². The van der Waals surface area contributed by atoms with Crippen LogP contribution in [0.2, 0.25) is 0 Å². The highest BCUT2D eigenvalue weighted by Gasteiger charge is 2.05. The summed E-state index contributed by atoms with van der Waals surface area (Å²) in [5.41, 5.74) is -0.0565. The summed E-state index contributed by atoms with van der Waals surface area (Å²) in [6.45, 7) is 0. The average Bonchev–Trinajstić information content (AvgIpc) is 2.18. The summed E-state index contributed by atoms with van der Waals surface area (Å²) in [7, 11) is 0. The van der Waals surface area contributed by atoms with Crippen LogP contribution in [0.1, 0.15) is 10.5 Å². The third-order valence-corrected chi connectivity index (χ3v) is 2.38. The first-order valence-corrected chi connectivity index (χ1v) is 4.65. The van der Waals surface area contributed by atoms with Gasteiger partial charge in [0.15, 0.2) is 6.29 Å². The van der Waals surface area contributed by atoms with Crippen LogP contribution in [0, 0.1) is 0 Å². The van der Waals surface area contributed by atoms with Crippen LogP contribution in [0.4, 0.5) is 0 Å². The fourth-order valence-electron chi connectivity index (χ4n) is 1.25. The summed E-state index contributed by atoms with van der Waals surface area (Å²) in [6.07, 6.45) is 0.616. The topological polar surface area (TPSA) is 62.8 Å². The molecule has 0 spiro atoms. The number of aldehydes is 1. The Morgan fingerprint density at radius 2 is 2.14 bits per heavy atom. The van der Waals surface area contributed by atoms with Gasteiger partial charge in [0.1, 0.15) is 5.69 Å². The molecule has 4 nitrogen and oxygen atoms in total. The van der Waals surface area contributed by atoms with E-state index in [0.717, 1.165) is 4.47 Å². The first kappa shape index (κ1) is 9.08. The van der Waals surface area contributed by atoms with Crippen LogP contribution in [0.5, 0.6) is 0 Å². The van der Waals surface area contributed by atoms with Gasteiger partial charge in [-0.2, -0.15) is 5.10 Å². The van der Waals surface area contributed by atoms with E-state index in [1.807, 2.05) is 0 Å². The first-order chi connectivity index (χ1) is 6.72. The zero-order valence-electron chi connectivity index (χ0n) is 6.95. The van der Waals surface area contributed by atoms with Crippen molar-refractivity contribution >= 4 is 33.0 Å². The van der Waals surface area contributed by atoms with E-state index >= 15 is 0 Å². The maximum atomic E-state index is 11.3. The summed E-state index contributed by atoms with van der Waals surface area (Å²) < 4.78 is 0.806. The van der Waals surface area contributed by atoms with E-state index in [2.05, 4.69) is 26.1 Å². The largest absolute Gasteiger partial charge is 0.296 e. The lowest BCUT2D eigenvalue weighted by Crippen LogP contribution is -2.10. The minimum atomic E-state index is -0.293. The van der Waals surface area contributed by atoms with Gasteiger partial charge in [-0.15, -0.1) is 0 Å². The number of hydrogen-bond acceptors (Lipinski definition) is 3. The van der Waals surface area contributed by atoms with E-state index in [1.165, 1.54) is 0 Å². The number of hydrogen-bond donors (Lipinski definition) is 1. The number of aromatic nitrogens is 2. The molecule has 14 heavy (non-hydrogen) atoms. The van der Waals surface area contributed by atoms with Crippen LogP contribution in [-0.4, -0.2) is 16.5 Å². The zero-order chi connectivity index (χ0) is 10.1. The molecule has 0 saturated carbocycles. The van der Waals surface area contributed by atoms with Crippen LogP contribution in [0.3, 0.4) is 0 Å². The SMILES string of the molecule is O=Cc1n[nH]c(=O)c2ccc(Br)cc12. The molecule has 0 saturated heterocycles. The zero-order valence-corrected chi connectivity index (χ0v) is 8.54. The Morgan fingerprint density at radius 3 is 2.86 bits per heavy atom. The van der Waals surface area contributed by atoms with Crippen LogP contribution in [0.15, 0.2) is 27.5 Å². The third kappa shape index (κ3) is 1.35. The Labute approximate surface area is 87.1 Å². The number of H-pyrrole nitrogens is 1. The van der Waals surface area contributed by atoms with Crippen molar-refractivity contribution in [2.45, 2.75) is 0 Å². The molecule has 0 radical (unpaired) electrons. The van der Waals surface area contributed by atoms with Gasteiger partial charge >= 0.3 is 0 Å². The molecule has 0 fully saturated rings. The second kappa shape index (κ2) is 3.34. The van der Waals surface area contributed by atoms with Crippen molar-refractivity contribution in [1.82, 2.24) is 10.2 Å². The van der Waals surface area contributed by atoms with Crippen molar-refractivity contribution in [2.24, 2.45) is 0 Å². The highest BCUT2D eigenvalue weighted by Crippen LogP contribution is 2.17. The lowest BCUT2D eigenvalue weighted by Gasteiger charge is -1.98. The van der Waals surface area contributed by atoms with Crippen LogP contribution >= 0.6 is 15.9 Å². The van der Waals surface area contributed by atoms with Gasteiger partial charge in [-0.05, 0) is 18.2 Å². The monoisotopic (exact) mass is 252 g/mol. The van der Waals surface area contributed by atoms with E-state index in [-0.39, 0.29) is 11.3 Å². The summed E-state index contributed by atoms with van der Waals surface area (Å²) in [5, 5.41) is 6.92. The van der Waals surface area contributed by atoms with Crippen molar-refractivity contribution < 1.29 is 4.79 Å². The molecule has 1 aromatic carbocycles. The maximum Gasteiger partial charge on any atom is 0.272 e. The molecule has 0 unspecified atom stereocenters. The number of carbonyl (C=O) groups is 1. The molecule has 0 amide bonds. The molecule has 0 bridgehead atoms. The van der Waals surface area contributed by atoms with Crippen LogP contribution in [-0.2, 0) is 0 Å². The molecular formula is C9H5BrN2O2. The summed E-state index contributed by atoms with van der Waals surface area (Å²) in [4.78, 5) is 22.0. The molecule has 1 heterocycles.